The van der Waals surface area contributed by atoms with Gasteiger partial charge >= 0.3 is 5.97 Å². The average molecular weight is 205 g/mol. The van der Waals surface area contributed by atoms with Crippen molar-refractivity contribution in [2.24, 2.45) is 0 Å². The summed E-state index contributed by atoms with van der Waals surface area (Å²) in [5.41, 5.74) is 6.46. The van der Waals surface area contributed by atoms with E-state index in [0.717, 1.165) is 0 Å². The Morgan fingerprint density at radius 2 is 2.47 bits per heavy atom. The van der Waals surface area contributed by atoms with Gasteiger partial charge in [0, 0.05) is 11.8 Å². The van der Waals surface area contributed by atoms with Crippen LogP contribution >= 0.6 is 0 Å². The Hall–Kier alpha value is -2.09. The van der Waals surface area contributed by atoms with Crippen molar-refractivity contribution in [3.63, 3.8) is 0 Å². The van der Waals surface area contributed by atoms with Crippen molar-refractivity contribution < 1.29 is 9.53 Å². The number of carbonyl (C=O) groups excluding carboxylic acids is 1. The minimum atomic E-state index is -0.374. The summed E-state index contributed by atoms with van der Waals surface area (Å²) in [6, 6.07) is 3.47. The van der Waals surface area contributed by atoms with Crippen molar-refractivity contribution in [2.45, 2.75) is 13.3 Å². The molecule has 1 aromatic heterocycles. The first-order chi connectivity index (χ1) is 7.17. The SMILES string of the molecule is CCOC(=O)Cc1cc(C#N)cnc1N. The van der Waals surface area contributed by atoms with Gasteiger partial charge in [-0.05, 0) is 13.0 Å². The van der Waals surface area contributed by atoms with Crippen LogP contribution < -0.4 is 5.73 Å². The molecule has 0 aliphatic carbocycles. The van der Waals surface area contributed by atoms with E-state index >= 15 is 0 Å². The second-order valence-electron chi connectivity index (χ2n) is 2.86. The highest BCUT2D eigenvalue weighted by atomic mass is 16.5. The lowest BCUT2D eigenvalue weighted by molar-refractivity contribution is -0.142. The number of rotatable bonds is 3. The fourth-order valence-electron chi connectivity index (χ4n) is 1.09. The van der Waals surface area contributed by atoms with Gasteiger partial charge in [0.25, 0.3) is 0 Å². The van der Waals surface area contributed by atoms with Crippen molar-refractivity contribution in [1.82, 2.24) is 4.98 Å². The van der Waals surface area contributed by atoms with Crippen LogP contribution in [0.15, 0.2) is 12.3 Å². The molecule has 0 atom stereocenters. The molecule has 78 valence electrons. The van der Waals surface area contributed by atoms with Gasteiger partial charge in [0.1, 0.15) is 11.9 Å². The maximum atomic E-state index is 11.2. The molecule has 1 aromatic rings. The molecular formula is C10H11N3O2. The van der Waals surface area contributed by atoms with E-state index in [4.69, 9.17) is 15.7 Å². The van der Waals surface area contributed by atoms with Crippen LogP contribution in [-0.4, -0.2) is 17.6 Å². The highest BCUT2D eigenvalue weighted by molar-refractivity contribution is 5.74. The topological polar surface area (TPSA) is 89.0 Å². The highest BCUT2D eigenvalue weighted by Crippen LogP contribution is 2.11. The third kappa shape index (κ3) is 2.95. The molecule has 15 heavy (non-hydrogen) atoms. The van der Waals surface area contributed by atoms with Crippen molar-refractivity contribution in [3.8, 4) is 6.07 Å². The number of carbonyl (C=O) groups is 1. The van der Waals surface area contributed by atoms with E-state index in [1.807, 2.05) is 6.07 Å². The molecule has 0 saturated carbocycles. The minimum absolute atomic E-state index is 0.0438. The summed E-state index contributed by atoms with van der Waals surface area (Å²) in [5.74, 6) is -0.122. The van der Waals surface area contributed by atoms with Gasteiger partial charge in [0.05, 0.1) is 18.6 Å². The Balaban J connectivity index is 2.85. The molecule has 1 rings (SSSR count). The summed E-state index contributed by atoms with van der Waals surface area (Å²) in [5, 5.41) is 8.64. The summed E-state index contributed by atoms with van der Waals surface area (Å²) in [6.45, 7) is 2.05. The van der Waals surface area contributed by atoms with Gasteiger partial charge in [-0.25, -0.2) is 4.98 Å². The van der Waals surface area contributed by atoms with Crippen LogP contribution in [0.5, 0.6) is 0 Å². The molecule has 0 spiro atoms. The van der Waals surface area contributed by atoms with Gasteiger partial charge in [-0.3, -0.25) is 4.79 Å². The summed E-state index contributed by atoms with van der Waals surface area (Å²) >= 11 is 0. The Labute approximate surface area is 87.5 Å². The quantitative estimate of drug-likeness (QED) is 0.731. The van der Waals surface area contributed by atoms with Crippen LogP contribution in [0, 0.1) is 11.3 Å². The third-order valence-corrected chi connectivity index (χ3v) is 1.77. The van der Waals surface area contributed by atoms with Gasteiger partial charge in [-0.2, -0.15) is 5.26 Å². The monoisotopic (exact) mass is 205 g/mol. The lowest BCUT2D eigenvalue weighted by Crippen LogP contribution is -2.10. The Morgan fingerprint density at radius 1 is 1.73 bits per heavy atom. The van der Waals surface area contributed by atoms with Crippen molar-refractivity contribution in [3.05, 3.63) is 23.4 Å². The van der Waals surface area contributed by atoms with Gasteiger partial charge in [0.15, 0.2) is 0 Å². The molecule has 0 saturated heterocycles. The number of nitriles is 1. The Bertz CT molecular complexity index is 410. The molecule has 5 nitrogen and oxygen atoms in total. The van der Waals surface area contributed by atoms with Crippen molar-refractivity contribution in [1.29, 1.82) is 5.26 Å². The van der Waals surface area contributed by atoms with E-state index in [9.17, 15) is 4.79 Å². The molecule has 0 aromatic carbocycles. The number of pyridine rings is 1. The van der Waals surface area contributed by atoms with Gasteiger partial charge < -0.3 is 10.5 Å². The van der Waals surface area contributed by atoms with Crippen LogP contribution in [0.1, 0.15) is 18.1 Å². The average Bonchev–Trinajstić information content (AvgIpc) is 2.21. The fraction of sp³-hybridized carbons (Fsp3) is 0.300. The number of nitrogen functional groups attached to an aromatic ring is 1. The van der Waals surface area contributed by atoms with Crippen LogP contribution in [0.25, 0.3) is 0 Å². The fourth-order valence-corrected chi connectivity index (χ4v) is 1.09. The van der Waals surface area contributed by atoms with E-state index < -0.39 is 0 Å². The molecule has 0 radical (unpaired) electrons. The van der Waals surface area contributed by atoms with Crippen molar-refractivity contribution >= 4 is 11.8 Å². The first kappa shape index (κ1) is 11.0. The molecule has 0 fully saturated rings. The maximum Gasteiger partial charge on any atom is 0.310 e. The largest absolute Gasteiger partial charge is 0.466 e. The predicted molar refractivity (Wildman–Crippen MR) is 53.7 cm³/mol. The molecule has 2 N–H and O–H groups in total. The Kier molecular flexibility index (Phi) is 3.63. The van der Waals surface area contributed by atoms with Crippen molar-refractivity contribution in [2.75, 3.05) is 12.3 Å². The first-order valence-corrected chi connectivity index (χ1v) is 4.47. The standard InChI is InChI=1S/C10H11N3O2/c1-2-15-9(14)4-8-3-7(5-11)6-13-10(8)12/h3,6H,2,4H2,1H3,(H2,12,13). The van der Waals surface area contributed by atoms with Crippen LogP contribution in [0.4, 0.5) is 5.82 Å². The Morgan fingerprint density at radius 3 is 3.07 bits per heavy atom. The van der Waals surface area contributed by atoms with Gasteiger partial charge in [0.2, 0.25) is 0 Å². The smallest absolute Gasteiger partial charge is 0.310 e. The van der Waals surface area contributed by atoms with Crippen LogP contribution in [0.3, 0.4) is 0 Å². The second kappa shape index (κ2) is 4.96. The first-order valence-electron chi connectivity index (χ1n) is 4.47. The normalized spacial score (nSPS) is 9.33. The van der Waals surface area contributed by atoms with Crippen LogP contribution in [0.2, 0.25) is 0 Å². The zero-order chi connectivity index (χ0) is 11.3. The molecule has 1 heterocycles. The van der Waals surface area contributed by atoms with E-state index in [1.165, 1.54) is 6.20 Å². The van der Waals surface area contributed by atoms with Crippen LogP contribution in [-0.2, 0) is 16.0 Å². The molecular weight excluding hydrogens is 194 g/mol. The number of nitrogens with two attached hydrogens (primary N) is 1. The van der Waals surface area contributed by atoms with Gasteiger partial charge in [-0.15, -0.1) is 0 Å². The highest BCUT2D eigenvalue weighted by Gasteiger charge is 2.08. The number of ether oxygens (including phenoxy) is 1. The van der Waals surface area contributed by atoms with E-state index in [1.54, 1.807) is 13.0 Å². The minimum Gasteiger partial charge on any atom is -0.466 e. The van der Waals surface area contributed by atoms with E-state index in [2.05, 4.69) is 4.98 Å². The molecule has 5 heteroatoms. The van der Waals surface area contributed by atoms with Gasteiger partial charge in [-0.1, -0.05) is 0 Å². The summed E-state index contributed by atoms with van der Waals surface area (Å²) < 4.78 is 4.77. The van der Waals surface area contributed by atoms with E-state index in [-0.39, 0.29) is 18.2 Å². The molecule has 0 aliphatic heterocycles. The lowest BCUT2D eigenvalue weighted by Gasteiger charge is -2.04. The number of hydrogen-bond acceptors (Lipinski definition) is 5. The number of aromatic nitrogens is 1. The number of anilines is 1. The summed E-state index contributed by atoms with van der Waals surface area (Å²) in [6.07, 6.45) is 1.41. The zero-order valence-corrected chi connectivity index (χ0v) is 8.36. The molecule has 0 amide bonds. The summed E-state index contributed by atoms with van der Waals surface area (Å²) in [4.78, 5) is 15.0. The predicted octanol–water partition coefficient (Wildman–Crippen LogP) is 0.641. The maximum absolute atomic E-state index is 11.2. The third-order valence-electron chi connectivity index (χ3n) is 1.77. The van der Waals surface area contributed by atoms with E-state index in [0.29, 0.717) is 17.7 Å². The molecule has 0 bridgehead atoms. The zero-order valence-electron chi connectivity index (χ0n) is 8.36. The molecule has 0 aliphatic rings. The lowest BCUT2D eigenvalue weighted by atomic mass is 10.1. The second-order valence-corrected chi connectivity index (χ2v) is 2.86. The number of esters is 1. The number of nitrogens with zero attached hydrogens (tertiary/aromatic N) is 2. The molecule has 0 unspecified atom stereocenters. The summed E-state index contributed by atoms with van der Waals surface area (Å²) in [7, 11) is 0. The number of hydrogen-bond donors (Lipinski definition) is 1.